The standard InChI is InChI=1S/C18H30N2O/c1-3-21-17-10-6-5-9-16(17)13-18(2,14-19)15-20-11-7-4-8-12-20/h5-6,9-10H,3-4,7-8,11-15,19H2,1-2H3. The summed E-state index contributed by atoms with van der Waals surface area (Å²) in [6, 6.07) is 8.38. The van der Waals surface area contributed by atoms with Crippen LogP contribution in [0.1, 0.15) is 38.7 Å². The van der Waals surface area contributed by atoms with E-state index in [9.17, 15) is 0 Å². The molecule has 1 aromatic carbocycles. The molecule has 2 rings (SSSR count). The first-order valence-corrected chi connectivity index (χ1v) is 8.30. The number of nitrogens with zero attached hydrogens (tertiary/aromatic N) is 1. The normalized spacial score (nSPS) is 19.2. The van der Waals surface area contributed by atoms with Gasteiger partial charge in [-0.3, -0.25) is 0 Å². The minimum Gasteiger partial charge on any atom is -0.494 e. The number of hydrogen-bond acceptors (Lipinski definition) is 3. The van der Waals surface area contributed by atoms with E-state index in [1.165, 1.54) is 37.9 Å². The van der Waals surface area contributed by atoms with E-state index in [0.717, 1.165) is 18.7 Å². The van der Waals surface area contributed by atoms with Crippen molar-refractivity contribution in [2.24, 2.45) is 11.1 Å². The molecule has 1 aromatic rings. The van der Waals surface area contributed by atoms with Crippen LogP contribution < -0.4 is 10.5 Å². The Balaban J connectivity index is 2.06. The first kappa shape index (κ1) is 16.3. The zero-order valence-corrected chi connectivity index (χ0v) is 13.6. The van der Waals surface area contributed by atoms with Gasteiger partial charge in [0.2, 0.25) is 0 Å². The molecule has 0 bridgehead atoms. The molecule has 1 saturated heterocycles. The van der Waals surface area contributed by atoms with Crippen LogP contribution in [-0.2, 0) is 6.42 Å². The quantitative estimate of drug-likeness (QED) is 0.838. The van der Waals surface area contributed by atoms with Crippen LogP contribution in [0, 0.1) is 5.41 Å². The van der Waals surface area contributed by atoms with Crippen molar-refractivity contribution in [1.29, 1.82) is 0 Å². The third-order valence-corrected chi connectivity index (χ3v) is 4.44. The molecule has 21 heavy (non-hydrogen) atoms. The highest BCUT2D eigenvalue weighted by atomic mass is 16.5. The molecule has 1 unspecified atom stereocenters. The second-order valence-electron chi connectivity index (χ2n) is 6.57. The van der Waals surface area contributed by atoms with Crippen LogP contribution in [-0.4, -0.2) is 37.7 Å². The van der Waals surface area contributed by atoms with E-state index in [1.54, 1.807) is 0 Å². The second kappa shape index (κ2) is 7.81. The Kier molecular flexibility index (Phi) is 6.07. The topological polar surface area (TPSA) is 38.5 Å². The highest BCUT2D eigenvalue weighted by Crippen LogP contribution is 2.29. The Hall–Kier alpha value is -1.06. The number of para-hydroxylation sites is 1. The van der Waals surface area contributed by atoms with Crippen LogP contribution in [0.5, 0.6) is 5.75 Å². The molecular weight excluding hydrogens is 260 g/mol. The van der Waals surface area contributed by atoms with Gasteiger partial charge in [-0.05, 0) is 62.9 Å². The summed E-state index contributed by atoms with van der Waals surface area (Å²) in [5.41, 5.74) is 7.53. The fraction of sp³-hybridized carbons (Fsp3) is 0.667. The third-order valence-electron chi connectivity index (χ3n) is 4.44. The summed E-state index contributed by atoms with van der Waals surface area (Å²) >= 11 is 0. The molecule has 0 radical (unpaired) electrons. The lowest BCUT2D eigenvalue weighted by Gasteiger charge is -2.37. The minimum absolute atomic E-state index is 0.116. The molecule has 0 aliphatic carbocycles. The molecule has 1 fully saturated rings. The summed E-state index contributed by atoms with van der Waals surface area (Å²) in [6.45, 7) is 9.30. The predicted molar refractivity (Wildman–Crippen MR) is 88.8 cm³/mol. The van der Waals surface area contributed by atoms with Crippen LogP contribution in [0.4, 0.5) is 0 Å². The smallest absolute Gasteiger partial charge is 0.122 e. The number of benzene rings is 1. The maximum Gasteiger partial charge on any atom is 0.122 e. The molecule has 3 nitrogen and oxygen atoms in total. The lowest BCUT2D eigenvalue weighted by molar-refractivity contribution is 0.144. The van der Waals surface area contributed by atoms with Gasteiger partial charge in [0.25, 0.3) is 0 Å². The van der Waals surface area contributed by atoms with Crippen LogP contribution in [0.2, 0.25) is 0 Å². The highest BCUT2D eigenvalue weighted by Gasteiger charge is 2.28. The average Bonchev–Trinajstić information content (AvgIpc) is 2.50. The second-order valence-corrected chi connectivity index (χ2v) is 6.57. The van der Waals surface area contributed by atoms with Crippen molar-refractivity contribution in [3.8, 4) is 5.75 Å². The average molecular weight is 290 g/mol. The number of nitrogens with two attached hydrogens (primary N) is 1. The fourth-order valence-electron chi connectivity index (χ4n) is 3.26. The predicted octanol–water partition coefficient (Wildman–Crippen LogP) is 3.08. The maximum atomic E-state index is 6.13. The monoisotopic (exact) mass is 290 g/mol. The Morgan fingerprint density at radius 3 is 2.57 bits per heavy atom. The van der Waals surface area contributed by atoms with Gasteiger partial charge in [0, 0.05) is 6.54 Å². The van der Waals surface area contributed by atoms with Gasteiger partial charge in [0.05, 0.1) is 6.61 Å². The zero-order valence-electron chi connectivity index (χ0n) is 13.6. The summed E-state index contributed by atoms with van der Waals surface area (Å²) in [5, 5.41) is 0. The van der Waals surface area contributed by atoms with Crippen LogP contribution >= 0.6 is 0 Å². The number of rotatable bonds is 7. The van der Waals surface area contributed by atoms with Gasteiger partial charge in [-0.2, -0.15) is 0 Å². The minimum atomic E-state index is 0.116. The fourth-order valence-corrected chi connectivity index (χ4v) is 3.26. The van der Waals surface area contributed by atoms with Gasteiger partial charge in [0.1, 0.15) is 5.75 Å². The van der Waals surface area contributed by atoms with Crippen molar-refractivity contribution in [2.45, 2.75) is 39.5 Å². The van der Waals surface area contributed by atoms with Crippen molar-refractivity contribution in [3.05, 3.63) is 29.8 Å². The summed E-state index contributed by atoms with van der Waals surface area (Å²) in [6.07, 6.45) is 5.02. The Morgan fingerprint density at radius 1 is 1.19 bits per heavy atom. The van der Waals surface area contributed by atoms with Gasteiger partial charge in [-0.25, -0.2) is 0 Å². The van der Waals surface area contributed by atoms with Gasteiger partial charge in [-0.15, -0.1) is 0 Å². The summed E-state index contributed by atoms with van der Waals surface area (Å²) in [4.78, 5) is 2.58. The molecule has 0 aromatic heterocycles. The molecule has 1 aliphatic heterocycles. The maximum absolute atomic E-state index is 6.13. The molecule has 3 heteroatoms. The molecule has 1 atom stereocenters. The van der Waals surface area contributed by atoms with Gasteiger partial charge in [-0.1, -0.05) is 31.5 Å². The molecular formula is C18H30N2O. The van der Waals surface area contributed by atoms with E-state index >= 15 is 0 Å². The Labute approximate surface area is 129 Å². The third kappa shape index (κ3) is 4.72. The van der Waals surface area contributed by atoms with E-state index in [1.807, 2.05) is 13.0 Å². The van der Waals surface area contributed by atoms with E-state index in [0.29, 0.717) is 13.2 Å². The molecule has 0 saturated carbocycles. The van der Waals surface area contributed by atoms with E-state index in [4.69, 9.17) is 10.5 Å². The van der Waals surface area contributed by atoms with Crippen LogP contribution in [0.3, 0.4) is 0 Å². The van der Waals surface area contributed by atoms with Crippen molar-refractivity contribution in [3.63, 3.8) is 0 Å². The zero-order chi connectivity index (χ0) is 15.1. The van der Waals surface area contributed by atoms with Crippen molar-refractivity contribution in [2.75, 3.05) is 32.8 Å². The van der Waals surface area contributed by atoms with E-state index in [-0.39, 0.29) is 5.41 Å². The molecule has 1 aliphatic rings. The van der Waals surface area contributed by atoms with Crippen molar-refractivity contribution < 1.29 is 4.74 Å². The number of piperidine rings is 1. The highest BCUT2D eigenvalue weighted by molar-refractivity contribution is 5.34. The lowest BCUT2D eigenvalue weighted by atomic mass is 9.82. The molecule has 2 N–H and O–H groups in total. The Bertz CT molecular complexity index is 429. The largest absolute Gasteiger partial charge is 0.494 e. The molecule has 118 valence electrons. The van der Waals surface area contributed by atoms with Crippen LogP contribution in [0.15, 0.2) is 24.3 Å². The molecule has 1 heterocycles. The van der Waals surface area contributed by atoms with E-state index < -0.39 is 0 Å². The van der Waals surface area contributed by atoms with Crippen molar-refractivity contribution >= 4 is 0 Å². The van der Waals surface area contributed by atoms with Gasteiger partial charge < -0.3 is 15.4 Å². The molecule has 0 amide bonds. The lowest BCUT2D eigenvalue weighted by Crippen LogP contribution is -2.44. The summed E-state index contributed by atoms with van der Waals surface area (Å²) in [5.74, 6) is 1.01. The number of hydrogen-bond donors (Lipinski definition) is 1. The first-order valence-electron chi connectivity index (χ1n) is 8.30. The van der Waals surface area contributed by atoms with Gasteiger partial charge >= 0.3 is 0 Å². The first-order chi connectivity index (χ1) is 10.2. The molecule has 0 spiro atoms. The number of likely N-dealkylation sites (tertiary alicyclic amines) is 1. The number of ether oxygens (including phenoxy) is 1. The Morgan fingerprint density at radius 2 is 1.90 bits per heavy atom. The van der Waals surface area contributed by atoms with E-state index in [2.05, 4.69) is 30.0 Å². The summed E-state index contributed by atoms with van der Waals surface area (Å²) in [7, 11) is 0. The SMILES string of the molecule is CCOc1ccccc1CC(C)(CN)CN1CCCCC1. The summed E-state index contributed by atoms with van der Waals surface area (Å²) < 4.78 is 5.76. The van der Waals surface area contributed by atoms with Crippen molar-refractivity contribution in [1.82, 2.24) is 4.90 Å². The van der Waals surface area contributed by atoms with Gasteiger partial charge in [0.15, 0.2) is 0 Å². The van der Waals surface area contributed by atoms with Crippen LogP contribution in [0.25, 0.3) is 0 Å².